The van der Waals surface area contributed by atoms with Crippen LogP contribution in [0.15, 0.2) is 24.4 Å². The Morgan fingerprint density at radius 3 is 2.22 bits per heavy atom. The fourth-order valence-corrected chi connectivity index (χ4v) is 1.87. The fourth-order valence-electron chi connectivity index (χ4n) is 1.87. The van der Waals surface area contributed by atoms with Crippen LogP contribution >= 0.6 is 0 Å². The average Bonchev–Trinajstić information content (AvgIpc) is 2.31. The third-order valence-electron chi connectivity index (χ3n) is 3.25. The van der Waals surface area contributed by atoms with Crippen LogP contribution in [0, 0.1) is 27.7 Å². The summed E-state index contributed by atoms with van der Waals surface area (Å²) in [4.78, 5) is 4.29. The molecule has 18 heavy (non-hydrogen) atoms. The Balaban J connectivity index is 2.34. The van der Waals surface area contributed by atoms with Crippen LogP contribution in [0.4, 0.5) is 17.2 Å². The second-order valence-electron chi connectivity index (χ2n) is 4.80. The van der Waals surface area contributed by atoms with Gasteiger partial charge in [-0.05, 0) is 62.1 Å². The molecule has 0 atom stereocenters. The van der Waals surface area contributed by atoms with Crippen molar-refractivity contribution in [2.24, 2.45) is 0 Å². The minimum absolute atomic E-state index is 0.720. The van der Waals surface area contributed by atoms with Crippen molar-refractivity contribution in [3.05, 3.63) is 46.6 Å². The molecule has 1 aromatic heterocycles. The second-order valence-corrected chi connectivity index (χ2v) is 4.80. The number of benzene rings is 1. The summed E-state index contributed by atoms with van der Waals surface area (Å²) in [5, 5.41) is 3.34. The lowest BCUT2D eigenvalue weighted by molar-refractivity contribution is 1.25. The monoisotopic (exact) mass is 241 g/mol. The van der Waals surface area contributed by atoms with Crippen LogP contribution in [0.5, 0.6) is 0 Å². The number of hydrogen-bond acceptors (Lipinski definition) is 3. The molecule has 0 fully saturated rings. The van der Waals surface area contributed by atoms with Crippen molar-refractivity contribution in [2.75, 3.05) is 11.1 Å². The van der Waals surface area contributed by atoms with Gasteiger partial charge in [0.05, 0.1) is 11.9 Å². The van der Waals surface area contributed by atoms with Gasteiger partial charge in [0.15, 0.2) is 0 Å². The summed E-state index contributed by atoms with van der Waals surface area (Å²) in [7, 11) is 0. The summed E-state index contributed by atoms with van der Waals surface area (Å²) in [5.41, 5.74) is 12.4. The highest BCUT2D eigenvalue weighted by molar-refractivity contribution is 5.64. The normalized spacial score (nSPS) is 10.4. The van der Waals surface area contributed by atoms with Gasteiger partial charge in [-0.15, -0.1) is 0 Å². The zero-order valence-electron chi connectivity index (χ0n) is 11.3. The van der Waals surface area contributed by atoms with Crippen molar-refractivity contribution in [3.8, 4) is 0 Å². The molecule has 1 aromatic carbocycles. The van der Waals surface area contributed by atoms with Crippen LogP contribution < -0.4 is 11.1 Å². The van der Waals surface area contributed by atoms with Gasteiger partial charge in [-0.1, -0.05) is 6.07 Å². The molecular weight excluding hydrogens is 222 g/mol. The molecule has 0 aliphatic rings. The first-order valence-electron chi connectivity index (χ1n) is 6.04. The summed E-state index contributed by atoms with van der Waals surface area (Å²) in [5.74, 6) is 0.827. The summed E-state index contributed by atoms with van der Waals surface area (Å²) in [6.45, 7) is 8.31. The molecule has 2 aromatic rings. The van der Waals surface area contributed by atoms with Crippen molar-refractivity contribution in [2.45, 2.75) is 27.7 Å². The molecule has 0 radical (unpaired) electrons. The standard InChI is InChI=1S/C15H19N3/c1-9-5-12(4)14(6-10(9)2)18-15-7-11(3)13(16)8-17-15/h5-8H,16H2,1-4H3,(H,17,18). The van der Waals surface area contributed by atoms with Crippen molar-refractivity contribution in [1.82, 2.24) is 4.98 Å². The molecule has 0 aliphatic heterocycles. The van der Waals surface area contributed by atoms with Crippen molar-refractivity contribution < 1.29 is 0 Å². The second kappa shape index (κ2) is 4.69. The van der Waals surface area contributed by atoms with Crippen LogP contribution in [-0.2, 0) is 0 Å². The molecule has 3 nitrogen and oxygen atoms in total. The molecule has 0 bridgehead atoms. The van der Waals surface area contributed by atoms with Gasteiger partial charge in [0, 0.05) is 5.69 Å². The molecule has 0 saturated heterocycles. The minimum Gasteiger partial charge on any atom is -0.397 e. The zero-order chi connectivity index (χ0) is 13.3. The minimum atomic E-state index is 0.720. The van der Waals surface area contributed by atoms with E-state index < -0.39 is 0 Å². The maximum atomic E-state index is 5.77. The third kappa shape index (κ3) is 2.45. The van der Waals surface area contributed by atoms with Gasteiger partial charge in [0.2, 0.25) is 0 Å². The van der Waals surface area contributed by atoms with E-state index in [-0.39, 0.29) is 0 Å². The average molecular weight is 241 g/mol. The molecular formula is C15H19N3. The van der Waals surface area contributed by atoms with Crippen molar-refractivity contribution in [1.29, 1.82) is 0 Å². The number of nitrogens with zero attached hydrogens (tertiary/aromatic N) is 1. The number of nitrogen functional groups attached to an aromatic ring is 1. The molecule has 0 saturated carbocycles. The lowest BCUT2D eigenvalue weighted by Gasteiger charge is -2.12. The maximum absolute atomic E-state index is 5.77. The topological polar surface area (TPSA) is 50.9 Å². The van der Waals surface area contributed by atoms with E-state index in [0.717, 1.165) is 22.8 Å². The summed E-state index contributed by atoms with van der Waals surface area (Å²) < 4.78 is 0. The highest BCUT2D eigenvalue weighted by Crippen LogP contribution is 2.24. The van der Waals surface area contributed by atoms with Gasteiger partial charge in [-0.3, -0.25) is 0 Å². The zero-order valence-corrected chi connectivity index (χ0v) is 11.3. The van der Waals surface area contributed by atoms with E-state index in [1.807, 2.05) is 13.0 Å². The van der Waals surface area contributed by atoms with Crippen LogP contribution in [0.1, 0.15) is 22.3 Å². The van der Waals surface area contributed by atoms with Gasteiger partial charge >= 0.3 is 0 Å². The summed E-state index contributed by atoms with van der Waals surface area (Å²) in [6, 6.07) is 6.30. The number of rotatable bonds is 2. The van der Waals surface area contributed by atoms with E-state index in [1.54, 1.807) is 6.20 Å². The van der Waals surface area contributed by atoms with E-state index in [4.69, 9.17) is 5.73 Å². The predicted octanol–water partition coefficient (Wildman–Crippen LogP) is 3.64. The number of aryl methyl sites for hydroxylation is 4. The Bertz CT molecular complexity index is 589. The smallest absolute Gasteiger partial charge is 0.130 e. The molecule has 3 heteroatoms. The first-order valence-corrected chi connectivity index (χ1v) is 6.04. The largest absolute Gasteiger partial charge is 0.397 e. The number of nitrogens with one attached hydrogen (secondary N) is 1. The van der Waals surface area contributed by atoms with Gasteiger partial charge in [0.1, 0.15) is 5.82 Å². The predicted molar refractivity (Wildman–Crippen MR) is 77.3 cm³/mol. The fraction of sp³-hybridized carbons (Fsp3) is 0.267. The van der Waals surface area contributed by atoms with E-state index in [0.29, 0.717) is 0 Å². The van der Waals surface area contributed by atoms with Gasteiger partial charge in [0.25, 0.3) is 0 Å². The number of anilines is 3. The highest BCUT2D eigenvalue weighted by Gasteiger charge is 2.04. The van der Waals surface area contributed by atoms with Crippen LogP contribution in [0.2, 0.25) is 0 Å². The first kappa shape index (κ1) is 12.4. The molecule has 0 aliphatic carbocycles. The molecule has 0 spiro atoms. The maximum Gasteiger partial charge on any atom is 0.130 e. The first-order chi connectivity index (χ1) is 8.47. The molecule has 94 valence electrons. The Kier molecular flexibility index (Phi) is 3.24. The SMILES string of the molecule is Cc1cc(C)c(Nc2cc(C)c(N)cn2)cc1C. The van der Waals surface area contributed by atoms with Crippen molar-refractivity contribution in [3.63, 3.8) is 0 Å². The highest BCUT2D eigenvalue weighted by atomic mass is 15.0. The van der Waals surface area contributed by atoms with E-state index in [1.165, 1.54) is 16.7 Å². The van der Waals surface area contributed by atoms with Crippen LogP contribution in [-0.4, -0.2) is 4.98 Å². The Hall–Kier alpha value is -2.03. The lowest BCUT2D eigenvalue weighted by Crippen LogP contribution is -1.99. The lowest BCUT2D eigenvalue weighted by atomic mass is 10.0. The van der Waals surface area contributed by atoms with Crippen molar-refractivity contribution >= 4 is 17.2 Å². The molecule has 2 rings (SSSR count). The molecule has 3 N–H and O–H groups in total. The van der Waals surface area contributed by atoms with Gasteiger partial charge < -0.3 is 11.1 Å². The third-order valence-corrected chi connectivity index (χ3v) is 3.25. The molecule has 0 amide bonds. The Labute approximate surface area is 108 Å². The number of aromatic nitrogens is 1. The van der Waals surface area contributed by atoms with E-state index in [9.17, 15) is 0 Å². The summed E-state index contributed by atoms with van der Waals surface area (Å²) in [6.07, 6.45) is 1.69. The van der Waals surface area contributed by atoms with E-state index >= 15 is 0 Å². The quantitative estimate of drug-likeness (QED) is 0.844. The number of hydrogen-bond donors (Lipinski definition) is 2. The van der Waals surface area contributed by atoms with E-state index in [2.05, 4.69) is 43.2 Å². The Morgan fingerprint density at radius 2 is 1.56 bits per heavy atom. The summed E-state index contributed by atoms with van der Waals surface area (Å²) >= 11 is 0. The van der Waals surface area contributed by atoms with Crippen LogP contribution in [0.3, 0.4) is 0 Å². The number of nitrogens with two attached hydrogens (primary N) is 1. The molecule has 1 heterocycles. The van der Waals surface area contributed by atoms with Gasteiger partial charge in [-0.2, -0.15) is 0 Å². The molecule has 0 unspecified atom stereocenters. The van der Waals surface area contributed by atoms with Gasteiger partial charge in [-0.25, -0.2) is 4.98 Å². The number of pyridine rings is 1. The van der Waals surface area contributed by atoms with Crippen LogP contribution in [0.25, 0.3) is 0 Å². The Morgan fingerprint density at radius 1 is 0.889 bits per heavy atom.